The molecule has 0 saturated carbocycles. The minimum absolute atomic E-state index is 0.0904. The van der Waals surface area contributed by atoms with Crippen molar-refractivity contribution in [3.8, 4) is 0 Å². The van der Waals surface area contributed by atoms with Crippen LogP contribution in [-0.2, 0) is 11.2 Å². The SMILES string of the molecule is O=C(Cc1cccc(Br)c1)NCC(O)c1ccsc1. The van der Waals surface area contributed by atoms with Crippen molar-refractivity contribution in [1.29, 1.82) is 0 Å². The van der Waals surface area contributed by atoms with Gasteiger partial charge in [0.1, 0.15) is 0 Å². The molecular formula is C14H14BrNO2S. The van der Waals surface area contributed by atoms with Crippen LogP contribution < -0.4 is 5.32 Å². The fourth-order valence-electron chi connectivity index (χ4n) is 1.69. The molecule has 1 unspecified atom stereocenters. The fraction of sp³-hybridized carbons (Fsp3) is 0.214. The van der Waals surface area contributed by atoms with Crippen molar-refractivity contribution in [1.82, 2.24) is 5.32 Å². The first-order chi connectivity index (χ1) is 9.15. The normalized spacial score (nSPS) is 12.1. The molecule has 1 aromatic carbocycles. The summed E-state index contributed by atoms with van der Waals surface area (Å²) in [6.07, 6.45) is -0.326. The number of aliphatic hydroxyl groups excluding tert-OH is 1. The average molecular weight is 340 g/mol. The van der Waals surface area contributed by atoms with Crippen molar-refractivity contribution in [2.45, 2.75) is 12.5 Å². The van der Waals surface area contributed by atoms with Crippen LogP contribution in [0.1, 0.15) is 17.2 Å². The second kappa shape index (κ2) is 6.84. The molecule has 2 aromatic rings. The molecule has 0 aliphatic rings. The molecule has 2 rings (SSSR count). The molecule has 2 N–H and O–H groups in total. The number of nitrogens with one attached hydrogen (secondary N) is 1. The Labute approximate surface area is 124 Å². The Morgan fingerprint density at radius 2 is 2.26 bits per heavy atom. The summed E-state index contributed by atoms with van der Waals surface area (Å²) in [6.45, 7) is 0.240. The van der Waals surface area contributed by atoms with Gasteiger partial charge in [-0.2, -0.15) is 11.3 Å². The van der Waals surface area contributed by atoms with Gasteiger partial charge in [-0.1, -0.05) is 28.1 Å². The second-order valence-electron chi connectivity index (χ2n) is 4.18. The zero-order valence-corrected chi connectivity index (χ0v) is 12.6. The summed E-state index contributed by atoms with van der Waals surface area (Å²) in [4.78, 5) is 11.8. The number of hydrogen-bond acceptors (Lipinski definition) is 3. The number of halogens is 1. The molecule has 0 aliphatic carbocycles. The third-order valence-corrected chi connectivity index (χ3v) is 3.87. The van der Waals surface area contributed by atoms with E-state index in [1.807, 2.05) is 41.1 Å². The van der Waals surface area contributed by atoms with Crippen LogP contribution in [0.15, 0.2) is 45.6 Å². The zero-order chi connectivity index (χ0) is 13.7. The van der Waals surface area contributed by atoms with E-state index in [0.29, 0.717) is 6.42 Å². The number of amides is 1. The van der Waals surface area contributed by atoms with Gasteiger partial charge in [-0.3, -0.25) is 4.79 Å². The quantitative estimate of drug-likeness (QED) is 0.879. The van der Waals surface area contributed by atoms with Crippen LogP contribution in [0.3, 0.4) is 0 Å². The number of hydrogen-bond donors (Lipinski definition) is 2. The lowest BCUT2D eigenvalue weighted by Gasteiger charge is -2.10. The Hall–Kier alpha value is -1.17. The molecule has 19 heavy (non-hydrogen) atoms. The summed E-state index contributed by atoms with van der Waals surface area (Å²) in [5.41, 5.74) is 1.78. The van der Waals surface area contributed by atoms with E-state index in [0.717, 1.165) is 15.6 Å². The number of thiophene rings is 1. The molecule has 3 nitrogen and oxygen atoms in total. The van der Waals surface area contributed by atoms with Crippen LogP contribution in [0, 0.1) is 0 Å². The molecule has 100 valence electrons. The lowest BCUT2D eigenvalue weighted by atomic mass is 10.1. The fourth-order valence-corrected chi connectivity index (χ4v) is 2.84. The van der Waals surface area contributed by atoms with Crippen LogP contribution in [0.2, 0.25) is 0 Å². The smallest absolute Gasteiger partial charge is 0.224 e. The highest BCUT2D eigenvalue weighted by Crippen LogP contribution is 2.15. The molecule has 0 bridgehead atoms. The van der Waals surface area contributed by atoms with Crippen molar-refractivity contribution in [3.05, 3.63) is 56.7 Å². The first-order valence-corrected chi connectivity index (χ1v) is 7.60. The molecule has 0 saturated heterocycles. The molecule has 1 heterocycles. The monoisotopic (exact) mass is 339 g/mol. The number of benzene rings is 1. The summed E-state index contributed by atoms with van der Waals surface area (Å²) in [7, 11) is 0. The van der Waals surface area contributed by atoms with E-state index in [-0.39, 0.29) is 12.5 Å². The maximum Gasteiger partial charge on any atom is 0.224 e. The van der Waals surface area contributed by atoms with Crippen LogP contribution in [0.5, 0.6) is 0 Å². The van der Waals surface area contributed by atoms with E-state index in [1.54, 1.807) is 0 Å². The highest BCUT2D eigenvalue weighted by Gasteiger charge is 2.10. The third kappa shape index (κ3) is 4.45. The van der Waals surface area contributed by atoms with Crippen molar-refractivity contribution in [2.75, 3.05) is 6.54 Å². The highest BCUT2D eigenvalue weighted by molar-refractivity contribution is 9.10. The van der Waals surface area contributed by atoms with Gasteiger partial charge in [-0.25, -0.2) is 0 Å². The molecule has 1 aromatic heterocycles. The van der Waals surface area contributed by atoms with Crippen LogP contribution in [0.25, 0.3) is 0 Å². The van der Waals surface area contributed by atoms with Crippen molar-refractivity contribution < 1.29 is 9.90 Å². The zero-order valence-electron chi connectivity index (χ0n) is 10.2. The first kappa shape index (κ1) is 14.2. The number of rotatable bonds is 5. The maximum atomic E-state index is 11.8. The van der Waals surface area contributed by atoms with Gasteiger partial charge in [0.2, 0.25) is 5.91 Å². The van der Waals surface area contributed by atoms with E-state index in [4.69, 9.17) is 0 Å². The standard InChI is InChI=1S/C14H14BrNO2S/c15-12-3-1-2-10(6-12)7-14(18)16-8-13(17)11-4-5-19-9-11/h1-6,9,13,17H,7-8H2,(H,16,18). The first-order valence-electron chi connectivity index (χ1n) is 5.86. The topological polar surface area (TPSA) is 49.3 Å². The van der Waals surface area contributed by atoms with Gasteiger partial charge >= 0.3 is 0 Å². The van der Waals surface area contributed by atoms with Crippen molar-refractivity contribution in [2.24, 2.45) is 0 Å². The maximum absolute atomic E-state index is 11.8. The van der Waals surface area contributed by atoms with E-state index >= 15 is 0 Å². The van der Waals surface area contributed by atoms with Gasteiger partial charge in [0.25, 0.3) is 0 Å². The molecular weight excluding hydrogens is 326 g/mol. The van der Waals surface area contributed by atoms with Gasteiger partial charge in [-0.15, -0.1) is 0 Å². The van der Waals surface area contributed by atoms with Crippen LogP contribution in [-0.4, -0.2) is 17.6 Å². The Morgan fingerprint density at radius 1 is 1.42 bits per heavy atom. The Morgan fingerprint density at radius 3 is 2.95 bits per heavy atom. The van der Waals surface area contributed by atoms with Gasteiger partial charge in [0.05, 0.1) is 12.5 Å². The number of carbonyl (C=O) groups is 1. The third-order valence-electron chi connectivity index (χ3n) is 2.67. The van der Waals surface area contributed by atoms with E-state index in [9.17, 15) is 9.90 Å². The van der Waals surface area contributed by atoms with Gasteiger partial charge < -0.3 is 10.4 Å². The van der Waals surface area contributed by atoms with Gasteiger partial charge in [-0.05, 0) is 40.1 Å². The summed E-state index contributed by atoms with van der Waals surface area (Å²) >= 11 is 4.90. The number of carbonyl (C=O) groups excluding carboxylic acids is 1. The molecule has 1 atom stereocenters. The lowest BCUT2D eigenvalue weighted by Crippen LogP contribution is -2.29. The summed E-state index contributed by atoms with van der Waals surface area (Å²) in [5.74, 6) is -0.0904. The van der Waals surface area contributed by atoms with Gasteiger partial charge in [0.15, 0.2) is 0 Å². The van der Waals surface area contributed by atoms with Crippen LogP contribution in [0.4, 0.5) is 0 Å². The highest BCUT2D eigenvalue weighted by atomic mass is 79.9. The molecule has 0 aliphatic heterocycles. The molecule has 1 amide bonds. The Bertz CT molecular complexity index is 542. The largest absolute Gasteiger partial charge is 0.387 e. The van der Waals surface area contributed by atoms with E-state index < -0.39 is 6.10 Å². The second-order valence-corrected chi connectivity index (χ2v) is 5.88. The number of aliphatic hydroxyl groups is 1. The molecule has 0 radical (unpaired) electrons. The van der Waals surface area contributed by atoms with E-state index in [2.05, 4.69) is 21.2 Å². The molecule has 0 spiro atoms. The Kier molecular flexibility index (Phi) is 5.13. The van der Waals surface area contributed by atoms with E-state index in [1.165, 1.54) is 11.3 Å². The average Bonchev–Trinajstić information content (AvgIpc) is 2.90. The molecule has 0 fully saturated rings. The summed E-state index contributed by atoms with van der Waals surface area (Å²) < 4.78 is 0.955. The molecule has 5 heteroatoms. The van der Waals surface area contributed by atoms with Crippen molar-refractivity contribution in [3.63, 3.8) is 0 Å². The summed E-state index contributed by atoms with van der Waals surface area (Å²) in [5, 5.41) is 16.4. The predicted octanol–water partition coefficient (Wildman–Crippen LogP) is 2.90. The van der Waals surface area contributed by atoms with Crippen molar-refractivity contribution >= 4 is 33.2 Å². The lowest BCUT2D eigenvalue weighted by molar-refractivity contribution is -0.120. The minimum atomic E-state index is -0.641. The minimum Gasteiger partial charge on any atom is -0.387 e. The Balaban J connectivity index is 1.82. The summed E-state index contributed by atoms with van der Waals surface area (Å²) in [6, 6.07) is 9.49. The van der Waals surface area contributed by atoms with Crippen LogP contribution >= 0.6 is 27.3 Å². The predicted molar refractivity (Wildman–Crippen MR) is 80.1 cm³/mol. The van der Waals surface area contributed by atoms with Gasteiger partial charge in [0, 0.05) is 11.0 Å².